The van der Waals surface area contributed by atoms with Gasteiger partial charge in [-0.2, -0.15) is 0 Å². The maximum absolute atomic E-state index is 3.77. The lowest BCUT2D eigenvalue weighted by molar-refractivity contribution is 0.338. The Balaban J connectivity index is 2.87. The summed E-state index contributed by atoms with van der Waals surface area (Å²) in [6.45, 7) is 4.62. The van der Waals surface area contributed by atoms with Crippen molar-refractivity contribution < 1.29 is 0 Å². The van der Waals surface area contributed by atoms with Crippen LogP contribution in [0, 0.1) is 5.92 Å². The fraction of sp³-hybridized carbons (Fsp3) is 0.647. The molecule has 0 aliphatic heterocycles. The summed E-state index contributed by atoms with van der Waals surface area (Å²) in [7, 11) is 0. The highest BCUT2D eigenvalue weighted by atomic mass is 79.9. The molecule has 0 N–H and O–H groups in total. The minimum absolute atomic E-state index is 0.232. The highest BCUT2D eigenvalue weighted by molar-refractivity contribution is 9.09. The van der Waals surface area contributed by atoms with E-state index in [1.807, 2.05) is 0 Å². The van der Waals surface area contributed by atoms with Crippen LogP contribution in [0.15, 0.2) is 30.3 Å². The van der Waals surface area contributed by atoms with Gasteiger partial charge in [-0.1, -0.05) is 102 Å². The number of hydrogen-bond donors (Lipinski definition) is 0. The number of alkyl halides is 2. The summed E-state index contributed by atoms with van der Waals surface area (Å²) >= 11 is 7.53. The van der Waals surface area contributed by atoms with E-state index < -0.39 is 0 Å². The van der Waals surface area contributed by atoms with Crippen LogP contribution in [0.5, 0.6) is 0 Å². The molecule has 0 saturated heterocycles. The Bertz CT molecular complexity index is 330. The molecule has 0 nitrogen and oxygen atoms in total. The lowest BCUT2D eigenvalue weighted by Crippen LogP contribution is -2.33. The molecule has 0 aliphatic carbocycles. The van der Waals surface area contributed by atoms with Crippen molar-refractivity contribution in [1.82, 2.24) is 0 Å². The van der Waals surface area contributed by atoms with Crippen molar-refractivity contribution in [2.45, 2.75) is 51.4 Å². The lowest BCUT2D eigenvalue weighted by Gasteiger charge is -2.34. The average Bonchev–Trinajstić information content (AvgIpc) is 2.49. The molecule has 0 aliphatic rings. The zero-order valence-electron chi connectivity index (χ0n) is 12.2. The summed E-state index contributed by atoms with van der Waals surface area (Å²) < 4.78 is 0. The SMILES string of the molecule is CCCCC(CC)CC(CBr)(CBr)c1ccccc1. The van der Waals surface area contributed by atoms with Gasteiger partial charge in [-0.05, 0) is 17.9 Å². The molecule has 1 atom stereocenters. The molecule has 2 heteroatoms. The quantitative estimate of drug-likeness (QED) is 0.433. The van der Waals surface area contributed by atoms with Gasteiger partial charge < -0.3 is 0 Å². The Labute approximate surface area is 135 Å². The predicted octanol–water partition coefficient (Wildman–Crippen LogP) is 6.32. The van der Waals surface area contributed by atoms with Gasteiger partial charge >= 0.3 is 0 Å². The van der Waals surface area contributed by atoms with Crippen molar-refractivity contribution in [3.63, 3.8) is 0 Å². The molecule has 1 rings (SSSR count). The number of unbranched alkanes of at least 4 members (excludes halogenated alkanes) is 1. The van der Waals surface area contributed by atoms with Gasteiger partial charge in [0.1, 0.15) is 0 Å². The van der Waals surface area contributed by atoms with Gasteiger partial charge in [0.25, 0.3) is 0 Å². The van der Waals surface area contributed by atoms with Gasteiger partial charge in [-0.3, -0.25) is 0 Å². The molecular weight excluding hydrogens is 364 g/mol. The van der Waals surface area contributed by atoms with Crippen LogP contribution in [0.25, 0.3) is 0 Å². The Kier molecular flexibility index (Phi) is 8.32. The summed E-state index contributed by atoms with van der Waals surface area (Å²) in [6, 6.07) is 11.0. The molecule has 0 aromatic heterocycles. The van der Waals surface area contributed by atoms with Crippen molar-refractivity contribution in [2.24, 2.45) is 5.92 Å². The maximum Gasteiger partial charge on any atom is 0.0149 e. The number of benzene rings is 1. The van der Waals surface area contributed by atoms with Crippen LogP contribution in [0.2, 0.25) is 0 Å². The van der Waals surface area contributed by atoms with Gasteiger partial charge in [0.05, 0.1) is 0 Å². The van der Waals surface area contributed by atoms with E-state index in [0.717, 1.165) is 16.6 Å². The first-order chi connectivity index (χ1) is 9.22. The second-order valence-corrected chi connectivity index (χ2v) is 6.66. The molecule has 0 bridgehead atoms. The number of hydrogen-bond acceptors (Lipinski definition) is 0. The summed E-state index contributed by atoms with van der Waals surface area (Å²) in [6.07, 6.45) is 6.57. The van der Waals surface area contributed by atoms with E-state index in [-0.39, 0.29) is 5.41 Å². The van der Waals surface area contributed by atoms with Crippen molar-refractivity contribution in [3.05, 3.63) is 35.9 Å². The zero-order chi connectivity index (χ0) is 14.1. The third-order valence-corrected chi connectivity index (χ3v) is 6.27. The summed E-state index contributed by atoms with van der Waals surface area (Å²) in [5.41, 5.74) is 1.69. The van der Waals surface area contributed by atoms with Gasteiger partial charge in [0, 0.05) is 16.1 Å². The largest absolute Gasteiger partial charge is 0.0918 e. The van der Waals surface area contributed by atoms with Crippen molar-refractivity contribution >= 4 is 31.9 Å². The molecule has 0 spiro atoms. The normalized spacial score (nSPS) is 13.5. The smallest absolute Gasteiger partial charge is 0.0149 e. The minimum Gasteiger partial charge on any atom is -0.0918 e. The third kappa shape index (κ3) is 4.90. The molecule has 0 saturated carbocycles. The molecule has 1 aromatic carbocycles. The molecule has 1 unspecified atom stereocenters. The second-order valence-electron chi connectivity index (χ2n) is 5.53. The van der Waals surface area contributed by atoms with E-state index in [0.29, 0.717) is 0 Å². The first kappa shape index (κ1) is 17.2. The summed E-state index contributed by atoms with van der Waals surface area (Å²) in [5.74, 6) is 0.829. The molecule has 108 valence electrons. The Morgan fingerprint density at radius 1 is 1.05 bits per heavy atom. The Morgan fingerprint density at radius 3 is 2.16 bits per heavy atom. The van der Waals surface area contributed by atoms with Crippen LogP contribution in [-0.2, 0) is 5.41 Å². The van der Waals surface area contributed by atoms with Crippen molar-refractivity contribution in [1.29, 1.82) is 0 Å². The van der Waals surface area contributed by atoms with E-state index in [1.54, 1.807) is 0 Å². The summed E-state index contributed by atoms with van der Waals surface area (Å²) in [4.78, 5) is 0. The highest BCUT2D eigenvalue weighted by Gasteiger charge is 2.32. The zero-order valence-corrected chi connectivity index (χ0v) is 15.3. The molecule has 0 radical (unpaired) electrons. The molecule has 0 heterocycles. The molecular formula is C17H26Br2. The second kappa shape index (κ2) is 9.18. The summed E-state index contributed by atoms with van der Waals surface area (Å²) in [5, 5.41) is 2.05. The van der Waals surface area contributed by atoms with Crippen LogP contribution >= 0.6 is 31.9 Å². The minimum atomic E-state index is 0.232. The number of halogens is 2. The van der Waals surface area contributed by atoms with Gasteiger partial charge in [-0.15, -0.1) is 0 Å². The third-order valence-electron chi connectivity index (χ3n) is 4.12. The standard InChI is InChI=1S/C17H26Br2/c1-3-5-9-15(4-2)12-17(13-18,14-19)16-10-7-6-8-11-16/h6-8,10-11,15H,3-5,9,12-14H2,1-2H3. The van der Waals surface area contributed by atoms with Crippen LogP contribution in [0.4, 0.5) is 0 Å². The van der Waals surface area contributed by atoms with Crippen LogP contribution < -0.4 is 0 Å². The van der Waals surface area contributed by atoms with E-state index in [4.69, 9.17) is 0 Å². The van der Waals surface area contributed by atoms with E-state index >= 15 is 0 Å². The van der Waals surface area contributed by atoms with Crippen molar-refractivity contribution in [2.75, 3.05) is 10.7 Å². The van der Waals surface area contributed by atoms with Gasteiger partial charge in [0.2, 0.25) is 0 Å². The lowest BCUT2D eigenvalue weighted by atomic mass is 9.75. The van der Waals surface area contributed by atoms with Gasteiger partial charge in [-0.25, -0.2) is 0 Å². The Hall–Kier alpha value is 0.180. The number of rotatable bonds is 9. The van der Waals surface area contributed by atoms with Crippen molar-refractivity contribution in [3.8, 4) is 0 Å². The van der Waals surface area contributed by atoms with Crippen LogP contribution in [0.1, 0.15) is 51.5 Å². The highest BCUT2D eigenvalue weighted by Crippen LogP contribution is 2.37. The van der Waals surface area contributed by atoms with Crippen LogP contribution in [0.3, 0.4) is 0 Å². The average molecular weight is 390 g/mol. The topological polar surface area (TPSA) is 0 Å². The molecule has 0 amide bonds. The molecule has 1 aromatic rings. The van der Waals surface area contributed by atoms with Gasteiger partial charge in [0.15, 0.2) is 0 Å². The van der Waals surface area contributed by atoms with E-state index in [9.17, 15) is 0 Å². The Morgan fingerprint density at radius 2 is 1.68 bits per heavy atom. The monoisotopic (exact) mass is 388 g/mol. The first-order valence-corrected chi connectivity index (χ1v) is 9.64. The van der Waals surface area contributed by atoms with E-state index in [1.165, 1.54) is 37.7 Å². The fourth-order valence-corrected chi connectivity index (χ4v) is 4.74. The molecule has 0 fully saturated rings. The first-order valence-electron chi connectivity index (χ1n) is 7.39. The molecule has 19 heavy (non-hydrogen) atoms. The fourth-order valence-electron chi connectivity index (χ4n) is 2.70. The maximum atomic E-state index is 3.77. The van der Waals surface area contributed by atoms with Crippen LogP contribution in [-0.4, -0.2) is 10.7 Å². The van der Waals surface area contributed by atoms with E-state index in [2.05, 4.69) is 76.0 Å². The predicted molar refractivity (Wildman–Crippen MR) is 93.6 cm³/mol.